The first-order valence-electron chi connectivity index (χ1n) is 8.76. The maximum Gasteiger partial charge on any atom is 0.426 e. The number of benzene rings is 3. The highest BCUT2D eigenvalue weighted by atomic mass is 19.3. The van der Waals surface area contributed by atoms with Crippen molar-refractivity contribution in [2.45, 2.75) is 12.2 Å². The van der Waals surface area contributed by atoms with E-state index in [9.17, 15) is 17.6 Å². The van der Waals surface area contributed by atoms with Gasteiger partial charge in [-0.3, -0.25) is 0 Å². The van der Waals surface area contributed by atoms with Gasteiger partial charge in [0.1, 0.15) is 23.0 Å². The predicted molar refractivity (Wildman–Crippen MR) is 101 cm³/mol. The van der Waals surface area contributed by atoms with Gasteiger partial charge in [-0.25, -0.2) is 0 Å². The molecular formula is C22H18F4O4. The fourth-order valence-corrected chi connectivity index (χ4v) is 2.56. The third-order valence-electron chi connectivity index (χ3n) is 4.17. The van der Waals surface area contributed by atoms with E-state index in [-0.39, 0.29) is 22.6 Å². The molecule has 3 aromatic carbocycles. The maximum absolute atomic E-state index is 14.3. The molecule has 3 rings (SSSR count). The Kier molecular flexibility index (Phi) is 6.05. The third-order valence-corrected chi connectivity index (χ3v) is 4.17. The van der Waals surface area contributed by atoms with Crippen LogP contribution >= 0.6 is 0 Å². The lowest BCUT2D eigenvalue weighted by Crippen LogP contribution is -2.22. The highest BCUT2D eigenvalue weighted by Gasteiger charge is 2.36. The molecule has 3 aromatic rings. The lowest BCUT2D eigenvalue weighted by atomic mass is 10.2. The average molecular weight is 422 g/mol. The van der Waals surface area contributed by atoms with E-state index < -0.39 is 12.2 Å². The molecule has 0 saturated carbocycles. The van der Waals surface area contributed by atoms with Crippen LogP contribution < -0.4 is 18.9 Å². The molecule has 0 saturated heterocycles. The molecule has 30 heavy (non-hydrogen) atoms. The van der Waals surface area contributed by atoms with Crippen molar-refractivity contribution >= 4 is 0 Å². The monoisotopic (exact) mass is 422 g/mol. The smallest absolute Gasteiger partial charge is 0.426 e. The molecule has 0 aliphatic heterocycles. The third kappa shape index (κ3) is 4.94. The standard InChI is InChI=1S/C22H18F4O4/c1-27-17-7-3-15(4-8-17)21(23,24)29-19-11-13-20(14-12-19)30-22(25,26)16-5-9-18(28-2)10-6-16/h3-14H,1-2H3. The summed E-state index contributed by atoms with van der Waals surface area (Å²) >= 11 is 0. The molecule has 0 bridgehead atoms. The van der Waals surface area contributed by atoms with Crippen molar-refractivity contribution < 1.29 is 36.5 Å². The zero-order valence-corrected chi connectivity index (χ0v) is 16.1. The quantitative estimate of drug-likeness (QED) is 0.420. The van der Waals surface area contributed by atoms with Gasteiger partial charge >= 0.3 is 12.2 Å². The van der Waals surface area contributed by atoms with Crippen LogP contribution in [0.25, 0.3) is 0 Å². The van der Waals surface area contributed by atoms with Crippen LogP contribution in [0.5, 0.6) is 23.0 Å². The average Bonchev–Trinajstić information content (AvgIpc) is 2.75. The molecule has 4 nitrogen and oxygen atoms in total. The van der Waals surface area contributed by atoms with Gasteiger partial charge in [-0.2, -0.15) is 17.6 Å². The number of hydrogen-bond acceptors (Lipinski definition) is 4. The highest BCUT2D eigenvalue weighted by Crippen LogP contribution is 2.35. The summed E-state index contributed by atoms with van der Waals surface area (Å²) in [7, 11) is 2.84. The summed E-state index contributed by atoms with van der Waals surface area (Å²) in [4.78, 5) is 0. The normalized spacial score (nSPS) is 11.7. The summed E-state index contributed by atoms with van der Waals surface area (Å²) in [6.07, 6.45) is -7.25. The summed E-state index contributed by atoms with van der Waals surface area (Å²) in [6.45, 7) is 0. The van der Waals surface area contributed by atoms with Gasteiger partial charge in [0.15, 0.2) is 0 Å². The second-order valence-electron chi connectivity index (χ2n) is 6.17. The van der Waals surface area contributed by atoms with E-state index in [1.807, 2.05) is 0 Å². The van der Waals surface area contributed by atoms with Gasteiger partial charge in [-0.05, 0) is 72.8 Å². The van der Waals surface area contributed by atoms with Crippen molar-refractivity contribution in [3.8, 4) is 23.0 Å². The van der Waals surface area contributed by atoms with Crippen molar-refractivity contribution in [3.63, 3.8) is 0 Å². The molecule has 158 valence electrons. The Hall–Kier alpha value is -3.42. The minimum Gasteiger partial charge on any atom is -0.497 e. The van der Waals surface area contributed by atoms with E-state index in [1.54, 1.807) is 0 Å². The van der Waals surface area contributed by atoms with Crippen LogP contribution in [-0.4, -0.2) is 14.2 Å². The van der Waals surface area contributed by atoms with Crippen LogP contribution in [0.1, 0.15) is 11.1 Å². The zero-order chi connectivity index (χ0) is 21.8. The Morgan fingerprint density at radius 1 is 0.467 bits per heavy atom. The number of hydrogen-bond donors (Lipinski definition) is 0. The summed E-state index contributed by atoms with van der Waals surface area (Å²) in [5, 5.41) is 0. The molecule has 0 heterocycles. The summed E-state index contributed by atoms with van der Waals surface area (Å²) in [6, 6.07) is 14.7. The Morgan fingerprint density at radius 2 is 0.733 bits per heavy atom. The molecule has 0 spiro atoms. The molecule has 0 atom stereocenters. The molecule has 0 N–H and O–H groups in total. The van der Waals surface area contributed by atoms with E-state index in [2.05, 4.69) is 0 Å². The van der Waals surface area contributed by atoms with E-state index in [1.165, 1.54) is 62.8 Å². The molecule has 0 aliphatic carbocycles. The van der Waals surface area contributed by atoms with Gasteiger partial charge in [0.2, 0.25) is 0 Å². The van der Waals surface area contributed by atoms with E-state index in [0.29, 0.717) is 11.5 Å². The minimum absolute atomic E-state index is 0.212. The lowest BCUT2D eigenvalue weighted by Gasteiger charge is -2.20. The number of halogens is 4. The Morgan fingerprint density at radius 3 is 1.00 bits per heavy atom. The second-order valence-corrected chi connectivity index (χ2v) is 6.17. The fourth-order valence-electron chi connectivity index (χ4n) is 2.56. The van der Waals surface area contributed by atoms with Gasteiger partial charge in [0.05, 0.1) is 25.3 Å². The number of methoxy groups -OCH3 is 2. The molecule has 8 heteroatoms. The largest absolute Gasteiger partial charge is 0.497 e. The van der Waals surface area contributed by atoms with Gasteiger partial charge in [0.25, 0.3) is 0 Å². The molecule has 0 aromatic heterocycles. The van der Waals surface area contributed by atoms with Crippen molar-refractivity contribution in [1.29, 1.82) is 0 Å². The topological polar surface area (TPSA) is 36.9 Å². The Bertz CT molecular complexity index is 875. The second kappa shape index (κ2) is 8.52. The number of alkyl halides is 4. The van der Waals surface area contributed by atoms with Crippen LogP contribution in [0.2, 0.25) is 0 Å². The van der Waals surface area contributed by atoms with Crippen molar-refractivity contribution in [2.24, 2.45) is 0 Å². The van der Waals surface area contributed by atoms with Crippen molar-refractivity contribution in [3.05, 3.63) is 83.9 Å². The fraction of sp³-hybridized carbons (Fsp3) is 0.182. The van der Waals surface area contributed by atoms with Crippen LogP contribution in [0.3, 0.4) is 0 Å². The van der Waals surface area contributed by atoms with Gasteiger partial charge in [0, 0.05) is 0 Å². The molecule has 0 aliphatic rings. The van der Waals surface area contributed by atoms with Gasteiger partial charge in [-0.1, -0.05) is 0 Å². The maximum atomic E-state index is 14.3. The first kappa shape index (κ1) is 21.3. The summed E-state index contributed by atoms with van der Waals surface area (Å²) in [5.74, 6) is 0.426. The number of ether oxygens (including phenoxy) is 4. The Balaban J connectivity index is 1.69. The molecule has 0 fully saturated rings. The summed E-state index contributed by atoms with van der Waals surface area (Å²) < 4.78 is 76.5. The predicted octanol–water partition coefficient (Wildman–Crippen LogP) is 5.96. The van der Waals surface area contributed by atoms with E-state index >= 15 is 0 Å². The van der Waals surface area contributed by atoms with E-state index in [4.69, 9.17) is 18.9 Å². The van der Waals surface area contributed by atoms with Crippen LogP contribution in [-0.2, 0) is 12.2 Å². The molecule has 0 amide bonds. The Labute approximate surface area is 170 Å². The molecule has 0 unspecified atom stereocenters. The zero-order valence-electron chi connectivity index (χ0n) is 16.1. The SMILES string of the molecule is COc1ccc(C(F)(F)Oc2ccc(OC(F)(F)c3ccc(OC)cc3)cc2)cc1. The van der Waals surface area contributed by atoms with Crippen LogP contribution in [0.4, 0.5) is 17.6 Å². The lowest BCUT2D eigenvalue weighted by molar-refractivity contribution is -0.188. The molecular weight excluding hydrogens is 404 g/mol. The first-order chi connectivity index (χ1) is 14.2. The first-order valence-corrected chi connectivity index (χ1v) is 8.76. The van der Waals surface area contributed by atoms with Crippen LogP contribution in [0, 0.1) is 0 Å². The minimum atomic E-state index is -3.62. The van der Waals surface area contributed by atoms with Crippen molar-refractivity contribution in [2.75, 3.05) is 14.2 Å². The highest BCUT2D eigenvalue weighted by molar-refractivity contribution is 5.35. The molecule has 0 radical (unpaired) electrons. The van der Waals surface area contributed by atoms with Gasteiger partial charge < -0.3 is 18.9 Å². The van der Waals surface area contributed by atoms with Crippen molar-refractivity contribution in [1.82, 2.24) is 0 Å². The van der Waals surface area contributed by atoms with Crippen LogP contribution in [0.15, 0.2) is 72.8 Å². The number of rotatable bonds is 8. The summed E-state index contributed by atoms with van der Waals surface area (Å²) in [5.41, 5.74) is -0.760. The van der Waals surface area contributed by atoms with E-state index in [0.717, 1.165) is 24.3 Å². The van der Waals surface area contributed by atoms with Gasteiger partial charge in [-0.15, -0.1) is 0 Å².